The zero-order valence-corrected chi connectivity index (χ0v) is 26.3. The Labute approximate surface area is 267 Å². The van der Waals surface area contributed by atoms with Crippen LogP contribution in [0.5, 0.6) is 0 Å². The molecule has 2 aliphatic heterocycles. The maximum atomic E-state index is 12.6. The fourth-order valence-electron chi connectivity index (χ4n) is 3.53. The van der Waals surface area contributed by atoms with E-state index in [-0.39, 0.29) is 74.4 Å². The van der Waals surface area contributed by atoms with Gasteiger partial charge in [-0.2, -0.15) is 0 Å². The van der Waals surface area contributed by atoms with Gasteiger partial charge < -0.3 is 67.9 Å². The van der Waals surface area contributed by atoms with E-state index in [9.17, 15) is 14.4 Å². The van der Waals surface area contributed by atoms with Gasteiger partial charge in [0, 0.05) is 63.5 Å². The molecule has 0 fully saturated rings. The molecule has 0 unspecified atom stereocenters. The number of aromatic amines is 1. The van der Waals surface area contributed by atoms with Crippen molar-refractivity contribution in [3.8, 4) is 0 Å². The molecule has 0 saturated heterocycles. The number of hydrogen-bond acceptors (Lipinski definition) is 11. The second kappa shape index (κ2) is 23.5. The molecule has 3 heterocycles. The standard InChI is InChI=1S/C24H38N8O4S2.Mg.2H2O/c1-2-17-16-26-8-13-36-14-9-29-23(35)19-4-3-18(24(38)31-19)22(34)28-7-12-32(10-5-25)11-6-27-20(33)15-21(37)30-17;;;/h2-4,26H,5-16,25H2,1H3,(H,27,33)(H,28,34)(H,29,35)(H,30,37)(H,31,38);;2*1H2/q;+2;;/p-2/b17-2-;;;. The first-order chi connectivity index (χ1) is 18.3. The van der Waals surface area contributed by atoms with Crippen LogP contribution >= 0.6 is 0 Å². The molecule has 3 amide bonds. The number of fused-ring (bicyclic) bond motifs is 22. The van der Waals surface area contributed by atoms with Crippen molar-refractivity contribution in [3.63, 3.8) is 0 Å². The molecule has 0 atom stereocenters. The van der Waals surface area contributed by atoms with E-state index in [4.69, 9.17) is 35.7 Å². The van der Waals surface area contributed by atoms with Crippen molar-refractivity contribution in [3.05, 3.63) is 35.2 Å². The summed E-state index contributed by atoms with van der Waals surface area (Å²) < 4.78 is 5.55. The van der Waals surface area contributed by atoms with Crippen LogP contribution in [0.4, 0.5) is 0 Å². The Balaban J connectivity index is 0. The minimum absolute atomic E-state index is 0. The summed E-state index contributed by atoms with van der Waals surface area (Å²) in [4.78, 5) is 45.3. The Kier molecular flexibility index (Phi) is 23.5. The maximum absolute atomic E-state index is 12.6. The number of pyridine rings is 1. The topological polar surface area (TPSA) is 226 Å². The number of carbonyl (C=O) groups excluding carboxylic acids is 3. The van der Waals surface area contributed by atoms with E-state index < -0.39 is 0 Å². The number of allylic oxidation sites excluding steroid dienone is 1. The molecule has 1 aromatic rings. The largest absolute Gasteiger partial charge is 2.00 e. The van der Waals surface area contributed by atoms with Gasteiger partial charge in [0.05, 0.1) is 36.8 Å². The Morgan fingerprint density at radius 1 is 1.00 bits per heavy atom. The third-order valence-corrected chi connectivity index (χ3v) is 6.12. The van der Waals surface area contributed by atoms with Crippen molar-refractivity contribution in [2.75, 3.05) is 72.1 Å². The molecule has 17 heteroatoms. The normalized spacial score (nSPS) is 18.4. The number of amides is 3. The molecule has 0 aromatic carbocycles. The number of hydrogen-bond donors (Lipinski definition) is 6. The SMILES string of the molecule is C/C=C1/CNCCOCCNC(=O)c2ccc(c([S-])[nH+]2)C(=O)NCCN(CCN)CCNC(=O)CC([S-])=[NH+]1.[Mg+2].[OH-].[OH-]. The Bertz CT molecular complexity index is 1020. The molecule has 2 aliphatic rings. The van der Waals surface area contributed by atoms with Gasteiger partial charge in [-0.15, -0.1) is 0 Å². The Morgan fingerprint density at radius 2 is 1.66 bits per heavy atom. The van der Waals surface area contributed by atoms with Crippen molar-refractivity contribution in [2.45, 2.75) is 18.4 Å². The Hall–Kier alpha value is -2.06. The number of H-pyrrole nitrogens is 1. The van der Waals surface area contributed by atoms with E-state index in [1.165, 1.54) is 12.1 Å². The van der Waals surface area contributed by atoms with Crippen molar-refractivity contribution in [2.24, 2.45) is 5.73 Å². The minimum Gasteiger partial charge on any atom is -0.870 e. The molecule has 0 aliphatic carbocycles. The quantitative estimate of drug-likeness (QED) is 0.104. The summed E-state index contributed by atoms with van der Waals surface area (Å²) in [5, 5.41) is 12.3. The fraction of sp³-hybridized carbons (Fsp3) is 0.542. The van der Waals surface area contributed by atoms with Gasteiger partial charge in [0.15, 0.2) is 5.70 Å². The predicted octanol–water partition coefficient (Wildman–Crippen LogP) is -4.55. The molecule has 0 spiro atoms. The van der Waals surface area contributed by atoms with Crippen LogP contribution in [-0.4, -0.2) is 134 Å². The van der Waals surface area contributed by atoms with Gasteiger partial charge in [-0.1, -0.05) is 0 Å². The van der Waals surface area contributed by atoms with Crippen LogP contribution in [-0.2, 0) is 34.8 Å². The smallest absolute Gasteiger partial charge is 0.870 e. The van der Waals surface area contributed by atoms with Crippen LogP contribution in [0.2, 0.25) is 0 Å². The summed E-state index contributed by atoms with van der Waals surface area (Å²) in [5.74, 6) is -0.855. The Morgan fingerprint density at radius 3 is 2.32 bits per heavy atom. The molecule has 0 radical (unpaired) electrons. The molecule has 2 bridgehead atoms. The molecule has 226 valence electrons. The van der Waals surface area contributed by atoms with E-state index in [1.54, 1.807) is 0 Å². The third kappa shape index (κ3) is 16.2. The summed E-state index contributed by atoms with van der Waals surface area (Å²) in [7, 11) is 0. The number of ether oxygens (including phenoxy) is 1. The average Bonchev–Trinajstić information content (AvgIpc) is 2.88. The monoisotopic (exact) mass is 624 g/mol. The van der Waals surface area contributed by atoms with Gasteiger partial charge in [-0.05, 0) is 19.1 Å². The molecule has 1 aromatic heterocycles. The molecule has 41 heavy (non-hydrogen) atoms. The zero-order chi connectivity index (χ0) is 27.8. The number of nitrogens with one attached hydrogen (secondary N) is 6. The number of rotatable bonds is 2. The van der Waals surface area contributed by atoms with E-state index >= 15 is 0 Å². The van der Waals surface area contributed by atoms with E-state index in [1.807, 2.05) is 17.9 Å². The molecule has 14 nitrogen and oxygen atoms in total. The summed E-state index contributed by atoms with van der Waals surface area (Å²) in [5.41, 5.74) is 7.12. The first kappa shape index (κ1) is 41.1. The van der Waals surface area contributed by atoms with Crippen LogP contribution in [0, 0.1) is 0 Å². The fourth-order valence-corrected chi connectivity index (χ4v) is 4.06. The van der Waals surface area contributed by atoms with Crippen LogP contribution in [0.25, 0.3) is 0 Å². The van der Waals surface area contributed by atoms with Crippen molar-refractivity contribution in [1.82, 2.24) is 26.2 Å². The van der Waals surface area contributed by atoms with Gasteiger partial charge in [0.25, 0.3) is 11.6 Å². The molecule has 10 N–H and O–H groups in total. The van der Waals surface area contributed by atoms with Crippen LogP contribution in [0.3, 0.4) is 0 Å². The maximum Gasteiger partial charge on any atom is 2.00 e. The van der Waals surface area contributed by atoms with Crippen LogP contribution in [0.1, 0.15) is 34.2 Å². The van der Waals surface area contributed by atoms with Gasteiger partial charge in [-0.3, -0.25) is 19.3 Å². The van der Waals surface area contributed by atoms with Crippen LogP contribution < -0.4 is 37.0 Å². The molecular formula is C24H40MgN8O6S2. The van der Waals surface area contributed by atoms with Gasteiger partial charge >= 0.3 is 29.0 Å². The van der Waals surface area contributed by atoms with Gasteiger partial charge in [-0.25, -0.2) is 9.98 Å². The minimum atomic E-state index is -0.343. The van der Waals surface area contributed by atoms with E-state index in [0.29, 0.717) is 77.2 Å². The first-order valence-electron chi connectivity index (χ1n) is 12.6. The summed E-state index contributed by atoms with van der Waals surface area (Å²) in [6, 6.07) is 3.05. The van der Waals surface area contributed by atoms with Gasteiger partial charge in [0.2, 0.25) is 5.91 Å². The molecular weight excluding hydrogens is 585 g/mol. The van der Waals surface area contributed by atoms with E-state index in [2.05, 4.69) is 31.2 Å². The van der Waals surface area contributed by atoms with Crippen molar-refractivity contribution < 1.29 is 40.0 Å². The number of nitrogens with two attached hydrogens (primary N) is 1. The van der Waals surface area contributed by atoms with Crippen molar-refractivity contribution in [1.29, 1.82) is 0 Å². The average molecular weight is 625 g/mol. The number of aromatic nitrogens is 1. The zero-order valence-electron chi connectivity index (χ0n) is 23.3. The van der Waals surface area contributed by atoms with Crippen molar-refractivity contribution >= 4 is 71.1 Å². The number of nitrogens with zero attached hydrogens (tertiary/aromatic N) is 1. The second-order valence-corrected chi connectivity index (χ2v) is 9.34. The number of carbonyl (C=O) groups is 3. The molecule has 0 saturated carbocycles. The second-order valence-electron chi connectivity index (χ2n) is 8.43. The summed E-state index contributed by atoms with van der Waals surface area (Å²) >= 11 is 10.6. The summed E-state index contributed by atoms with van der Waals surface area (Å²) in [6.45, 7) is 7.06. The van der Waals surface area contributed by atoms with Gasteiger partial charge in [0.1, 0.15) is 0 Å². The molecule has 3 rings (SSSR count). The third-order valence-electron chi connectivity index (χ3n) is 5.55. The first-order valence-corrected chi connectivity index (χ1v) is 13.4. The summed E-state index contributed by atoms with van der Waals surface area (Å²) in [6.07, 6.45) is 1.97. The predicted molar refractivity (Wildman–Crippen MR) is 157 cm³/mol. The van der Waals surface area contributed by atoms with Crippen LogP contribution in [0.15, 0.2) is 28.9 Å². The van der Waals surface area contributed by atoms with E-state index in [0.717, 1.165) is 5.70 Å².